The van der Waals surface area contributed by atoms with E-state index in [2.05, 4.69) is 14.9 Å². The van der Waals surface area contributed by atoms with Crippen molar-refractivity contribution in [3.05, 3.63) is 41.7 Å². The molecule has 2 heterocycles. The van der Waals surface area contributed by atoms with Gasteiger partial charge >= 0.3 is 0 Å². The number of rotatable bonds is 4. The lowest BCUT2D eigenvalue weighted by molar-refractivity contribution is 0.0746. The van der Waals surface area contributed by atoms with E-state index in [0.717, 1.165) is 30.2 Å². The van der Waals surface area contributed by atoms with Gasteiger partial charge in [0.05, 0.1) is 7.11 Å². The first-order valence-corrected chi connectivity index (χ1v) is 8.69. The predicted molar refractivity (Wildman–Crippen MR) is 102 cm³/mol. The third-order valence-electron chi connectivity index (χ3n) is 4.53. The molecule has 138 valence electrons. The van der Waals surface area contributed by atoms with Crippen LogP contribution in [0, 0.1) is 6.92 Å². The third-order valence-corrected chi connectivity index (χ3v) is 4.53. The van der Waals surface area contributed by atoms with E-state index < -0.39 is 0 Å². The summed E-state index contributed by atoms with van der Waals surface area (Å²) in [4.78, 5) is 27.5. The minimum Gasteiger partial charge on any atom is -0.481 e. The number of benzene rings is 1. The zero-order valence-corrected chi connectivity index (χ0v) is 15.8. The zero-order valence-electron chi connectivity index (χ0n) is 15.8. The summed E-state index contributed by atoms with van der Waals surface area (Å²) in [6.07, 6.45) is 0. The van der Waals surface area contributed by atoms with Crippen molar-refractivity contribution in [2.45, 2.75) is 6.92 Å². The monoisotopic (exact) mass is 355 g/mol. The molecule has 7 nitrogen and oxygen atoms in total. The lowest BCUT2D eigenvalue weighted by atomic mass is 10.1. The van der Waals surface area contributed by atoms with Crippen LogP contribution in [-0.2, 0) is 0 Å². The van der Waals surface area contributed by atoms with Gasteiger partial charge in [0.1, 0.15) is 11.6 Å². The molecule has 7 heteroatoms. The molecule has 1 aliphatic heterocycles. The summed E-state index contributed by atoms with van der Waals surface area (Å²) < 4.78 is 5.22. The Morgan fingerprint density at radius 3 is 2.31 bits per heavy atom. The molecular weight excluding hydrogens is 330 g/mol. The van der Waals surface area contributed by atoms with E-state index in [1.165, 1.54) is 0 Å². The Kier molecular flexibility index (Phi) is 5.25. The molecule has 3 rings (SSSR count). The summed E-state index contributed by atoms with van der Waals surface area (Å²) in [6, 6.07) is 9.56. The molecule has 0 aliphatic carbocycles. The Morgan fingerprint density at radius 2 is 1.73 bits per heavy atom. The van der Waals surface area contributed by atoms with Crippen molar-refractivity contribution in [2.75, 3.05) is 57.2 Å². The first kappa shape index (κ1) is 18.0. The van der Waals surface area contributed by atoms with Crippen molar-refractivity contribution in [1.82, 2.24) is 14.9 Å². The van der Waals surface area contributed by atoms with Crippen molar-refractivity contribution in [3.63, 3.8) is 0 Å². The lowest BCUT2D eigenvalue weighted by Gasteiger charge is -2.35. The number of carbonyl (C=O) groups is 1. The maximum absolute atomic E-state index is 12.7. The van der Waals surface area contributed by atoms with Gasteiger partial charge in [0, 0.05) is 57.6 Å². The van der Waals surface area contributed by atoms with Gasteiger partial charge in [-0.2, -0.15) is 4.98 Å². The van der Waals surface area contributed by atoms with Gasteiger partial charge in [-0.15, -0.1) is 0 Å². The minimum atomic E-state index is 0.0754. The van der Waals surface area contributed by atoms with Gasteiger partial charge in [-0.05, 0) is 31.2 Å². The second-order valence-electron chi connectivity index (χ2n) is 6.54. The number of aryl methyl sites for hydroxylation is 1. The number of nitrogens with zero attached hydrogens (tertiary/aromatic N) is 5. The highest BCUT2D eigenvalue weighted by molar-refractivity contribution is 5.94. The summed E-state index contributed by atoms with van der Waals surface area (Å²) >= 11 is 0. The fourth-order valence-corrected chi connectivity index (χ4v) is 3.02. The number of hydrogen-bond acceptors (Lipinski definition) is 6. The highest BCUT2D eigenvalue weighted by Crippen LogP contribution is 2.20. The van der Waals surface area contributed by atoms with Gasteiger partial charge in [-0.25, -0.2) is 4.98 Å². The Labute approximate surface area is 154 Å². The third kappa shape index (κ3) is 3.87. The Balaban J connectivity index is 1.64. The van der Waals surface area contributed by atoms with Crippen LogP contribution in [-0.4, -0.2) is 68.2 Å². The average molecular weight is 355 g/mol. The molecule has 1 aromatic heterocycles. The number of piperazine rings is 1. The number of carbonyl (C=O) groups excluding carboxylic acids is 1. The maximum Gasteiger partial charge on any atom is 0.253 e. The molecule has 26 heavy (non-hydrogen) atoms. The van der Waals surface area contributed by atoms with Crippen LogP contribution >= 0.6 is 0 Å². The van der Waals surface area contributed by atoms with Gasteiger partial charge in [0.25, 0.3) is 5.91 Å². The highest BCUT2D eigenvalue weighted by atomic mass is 16.5. The molecule has 1 amide bonds. The van der Waals surface area contributed by atoms with Crippen LogP contribution in [0.2, 0.25) is 0 Å². The van der Waals surface area contributed by atoms with E-state index in [9.17, 15) is 4.79 Å². The molecule has 0 atom stereocenters. The maximum atomic E-state index is 12.7. The largest absolute Gasteiger partial charge is 0.481 e. The normalized spacial score (nSPS) is 14.3. The highest BCUT2D eigenvalue weighted by Gasteiger charge is 2.23. The Bertz CT molecular complexity index is 768. The van der Waals surface area contributed by atoms with Crippen LogP contribution in [0.15, 0.2) is 30.3 Å². The van der Waals surface area contributed by atoms with Crippen LogP contribution < -0.4 is 14.5 Å². The molecule has 1 fully saturated rings. The van der Waals surface area contributed by atoms with Crippen molar-refractivity contribution >= 4 is 17.4 Å². The molecule has 1 aliphatic rings. The van der Waals surface area contributed by atoms with Crippen molar-refractivity contribution < 1.29 is 9.53 Å². The van der Waals surface area contributed by atoms with E-state index in [1.807, 2.05) is 61.2 Å². The van der Waals surface area contributed by atoms with Crippen LogP contribution in [0.3, 0.4) is 0 Å². The number of methoxy groups -OCH3 is 1. The molecule has 1 saturated heterocycles. The topological polar surface area (TPSA) is 61.8 Å². The van der Waals surface area contributed by atoms with Crippen LogP contribution in [0.4, 0.5) is 11.5 Å². The van der Waals surface area contributed by atoms with Crippen molar-refractivity contribution in [2.24, 2.45) is 0 Å². The summed E-state index contributed by atoms with van der Waals surface area (Å²) in [5, 5.41) is 0. The molecule has 2 aromatic rings. The number of amides is 1. The smallest absolute Gasteiger partial charge is 0.253 e. The minimum absolute atomic E-state index is 0.0754. The number of anilines is 2. The molecule has 0 spiro atoms. The van der Waals surface area contributed by atoms with Crippen LogP contribution in [0.1, 0.15) is 16.2 Å². The van der Waals surface area contributed by atoms with Crippen molar-refractivity contribution in [3.8, 4) is 5.88 Å². The van der Waals surface area contributed by atoms with E-state index in [1.54, 1.807) is 7.11 Å². The average Bonchev–Trinajstić information content (AvgIpc) is 2.67. The van der Waals surface area contributed by atoms with E-state index in [4.69, 9.17) is 4.74 Å². The number of ether oxygens (including phenoxy) is 1. The molecule has 1 aromatic carbocycles. The SMILES string of the molecule is COc1cc(N2CCN(C(=O)c3ccc(N(C)C)cc3)CC2)nc(C)n1. The van der Waals surface area contributed by atoms with E-state index in [-0.39, 0.29) is 5.91 Å². The van der Waals surface area contributed by atoms with E-state index in [0.29, 0.717) is 24.8 Å². The molecule has 0 saturated carbocycles. The van der Waals surface area contributed by atoms with Gasteiger partial charge in [-0.3, -0.25) is 4.79 Å². The van der Waals surface area contributed by atoms with Gasteiger partial charge in [-0.1, -0.05) is 0 Å². The second-order valence-corrected chi connectivity index (χ2v) is 6.54. The first-order chi connectivity index (χ1) is 12.5. The predicted octanol–water partition coefficient (Wildman–Crippen LogP) is 1.82. The van der Waals surface area contributed by atoms with Gasteiger partial charge in [0.2, 0.25) is 5.88 Å². The fraction of sp³-hybridized carbons (Fsp3) is 0.421. The van der Waals surface area contributed by atoms with Gasteiger partial charge in [0.15, 0.2) is 0 Å². The second kappa shape index (κ2) is 7.59. The zero-order chi connectivity index (χ0) is 18.7. The molecular formula is C19H25N5O2. The quantitative estimate of drug-likeness (QED) is 0.834. The first-order valence-electron chi connectivity index (χ1n) is 8.69. The lowest BCUT2D eigenvalue weighted by Crippen LogP contribution is -2.49. The number of hydrogen-bond donors (Lipinski definition) is 0. The van der Waals surface area contributed by atoms with Crippen LogP contribution in [0.5, 0.6) is 5.88 Å². The Hall–Kier alpha value is -2.83. The standard InChI is InChI=1S/C19H25N5O2/c1-14-20-17(13-18(21-14)26-4)23-9-11-24(12-10-23)19(25)15-5-7-16(8-6-15)22(2)3/h5-8,13H,9-12H2,1-4H3. The molecule has 0 radical (unpaired) electrons. The fourth-order valence-electron chi connectivity index (χ4n) is 3.02. The molecule has 0 N–H and O–H groups in total. The summed E-state index contributed by atoms with van der Waals surface area (Å²) in [5.74, 6) is 2.16. The molecule has 0 unspecified atom stereocenters. The molecule has 0 bridgehead atoms. The number of aromatic nitrogens is 2. The summed E-state index contributed by atoms with van der Waals surface area (Å²) in [7, 11) is 5.57. The summed E-state index contributed by atoms with van der Waals surface area (Å²) in [6.45, 7) is 4.66. The summed E-state index contributed by atoms with van der Waals surface area (Å²) in [5.41, 5.74) is 1.81. The van der Waals surface area contributed by atoms with Crippen LogP contribution in [0.25, 0.3) is 0 Å². The Morgan fingerprint density at radius 1 is 1.08 bits per heavy atom. The van der Waals surface area contributed by atoms with Crippen molar-refractivity contribution in [1.29, 1.82) is 0 Å². The van der Waals surface area contributed by atoms with Gasteiger partial charge < -0.3 is 19.4 Å². The van der Waals surface area contributed by atoms with E-state index >= 15 is 0 Å².